The normalized spacial score (nSPS) is 24.5. The average Bonchev–Trinajstić information content (AvgIpc) is 3.27. The van der Waals surface area contributed by atoms with Gasteiger partial charge in [-0.15, -0.1) is 0 Å². The number of hydrogen-bond acceptors (Lipinski definition) is 7. The van der Waals surface area contributed by atoms with Crippen molar-refractivity contribution in [1.82, 2.24) is 10.2 Å². The van der Waals surface area contributed by atoms with Gasteiger partial charge in [0.05, 0.1) is 23.3 Å². The van der Waals surface area contributed by atoms with Crippen molar-refractivity contribution in [3.8, 4) is 5.75 Å². The highest BCUT2D eigenvalue weighted by atomic mass is 35.5. The second-order valence-corrected chi connectivity index (χ2v) is 7.88. The maximum absolute atomic E-state index is 13.1. The van der Waals surface area contributed by atoms with E-state index in [9.17, 15) is 29.6 Å². The molecule has 4 rings (SSSR count). The SMILES string of the molecule is O=C(O)C1NC(c2ccc(Cl)c([N+](=O)[O-])c2)C2C(=O)N(CCOc3ccccc3)C(=O)C12. The second-order valence-electron chi connectivity index (χ2n) is 7.47. The molecule has 2 aliphatic rings. The molecule has 32 heavy (non-hydrogen) atoms. The number of imide groups is 1. The Balaban J connectivity index is 1.59. The minimum absolute atomic E-state index is 0.0423. The maximum atomic E-state index is 13.1. The van der Waals surface area contributed by atoms with Gasteiger partial charge >= 0.3 is 5.97 Å². The largest absolute Gasteiger partial charge is 0.492 e. The molecule has 2 aliphatic heterocycles. The highest BCUT2D eigenvalue weighted by Crippen LogP contribution is 2.45. The Kier molecular flexibility index (Phi) is 5.81. The number of nitrogens with one attached hydrogen (secondary N) is 1. The van der Waals surface area contributed by atoms with Crippen molar-refractivity contribution in [3.05, 3.63) is 69.2 Å². The van der Waals surface area contributed by atoms with Crippen LogP contribution in [0.2, 0.25) is 5.02 Å². The van der Waals surface area contributed by atoms with Crippen molar-refractivity contribution in [1.29, 1.82) is 0 Å². The molecule has 2 N–H and O–H groups in total. The van der Waals surface area contributed by atoms with Crippen LogP contribution < -0.4 is 10.1 Å². The lowest BCUT2D eigenvalue weighted by atomic mass is 9.86. The lowest BCUT2D eigenvalue weighted by molar-refractivity contribution is -0.384. The van der Waals surface area contributed by atoms with Crippen LogP contribution in [0.3, 0.4) is 0 Å². The lowest BCUT2D eigenvalue weighted by Crippen LogP contribution is -2.44. The first-order valence-electron chi connectivity index (χ1n) is 9.75. The van der Waals surface area contributed by atoms with E-state index < -0.39 is 46.6 Å². The molecule has 2 aromatic carbocycles. The molecule has 2 fully saturated rings. The van der Waals surface area contributed by atoms with E-state index in [1.807, 2.05) is 6.07 Å². The van der Waals surface area contributed by atoms with Crippen LogP contribution in [0.25, 0.3) is 0 Å². The lowest BCUT2D eigenvalue weighted by Gasteiger charge is -2.21. The van der Waals surface area contributed by atoms with Gasteiger partial charge in [0.1, 0.15) is 23.4 Å². The van der Waals surface area contributed by atoms with Crippen LogP contribution in [0.1, 0.15) is 11.6 Å². The molecule has 0 radical (unpaired) electrons. The molecule has 0 saturated carbocycles. The third kappa shape index (κ3) is 3.78. The molecule has 10 nitrogen and oxygen atoms in total. The summed E-state index contributed by atoms with van der Waals surface area (Å²) in [7, 11) is 0. The number of carbonyl (C=O) groups is 3. The van der Waals surface area contributed by atoms with E-state index in [2.05, 4.69) is 5.32 Å². The molecule has 0 spiro atoms. The Bertz CT molecular complexity index is 1090. The number of ether oxygens (including phenoxy) is 1. The van der Waals surface area contributed by atoms with E-state index >= 15 is 0 Å². The number of nitrogens with zero attached hydrogens (tertiary/aromatic N) is 2. The van der Waals surface area contributed by atoms with E-state index in [1.165, 1.54) is 18.2 Å². The number of amides is 2. The molecule has 0 aliphatic carbocycles. The number of hydrogen-bond donors (Lipinski definition) is 2. The summed E-state index contributed by atoms with van der Waals surface area (Å²) < 4.78 is 5.56. The number of carboxylic acids is 1. The van der Waals surface area contributed by atoms with Crippen LogP contribution in [0, 0.1) is 22.0 Å². The molecule has 2 saturated heterocycles. The molecule has 4 atom stereocenters. The Labute approximate surface area is 186 Å². The highest BCUT2D eigenvalue weighted by molar-refractivity contribution is 6.32. The molecule has 2 heterocycles. The van der Waals surface area contributed by atoms with E-state index in [1.54, 1.807) is 24.3 Å². The molecule has 0 bridgehead atoms. The minimum Gasteiger partial charge on any atom is -0.492 e. The first kappa shape index (κ1) is 21.7. The van der Waals surface area contributed by atoms with E-state index in [-0.39, 0.29) is 23.9 Å². The van der Waals surface area contributed by atoms with Gasteiger partial charge in [0.2, 0.25) is 11.8 Å². The molecule has 2 aromatic rings. The number of carbonyl (C=O) groups excluding carboxylic acids is 2. The van der Waals surface area contributed by atoms with Gasteiger partial charge in [0, 0.05) is 12.1 Å². The zero-order valence-electron chi connectivity index (χ0n) is 16.5. The van der Waals surface area contributed by atoms with Gasteiger partial charge < -0.3 is 9.84 Å². The molecule has 2 amide bonds. The van der Waals surface area contributed by atoms with Crippen LogP contribution in [-0.4, -0.2) is 51.9 Å². The summed E-state index contributed by atoms with van der Waals surface area (Å²) in [4.78, 5) is 49.5. The average molecular weight is 460 g/mol. The number of carboxylic acid groups (broad SMARTS) is 1. The number of nitro benzene ring substituents is 1. The maximum Gasteiger partial charge on any atom is 0.321 e. The summed E-state index contributed by atoms with van der Waals surface area (Å²) in [5, 5.41) is 23.6. The second kappa shape index (κ2) is 8.56. The van der Waals surface area contributed by atoms with Crippen molar-refractivity contribution < 1.29 is 29.2 Å². The van der Waals surface area contributed by atoms with Gasteiger partial charge in [-0.1, -0.05) is 35.9 Å². The summed E-state index contributed by atoms with van der Waals surface area (Å²) in [6, 6.07) is 10.6. The third-order valence-corrected chi connectivity index (χ3v) is 6.01. The number of para-hydroxylation sites is 1. The molecule has 166 valence electrons. The number of nitro groups is 1. The van der Waals surface area contributed by atoms with Crippen molar-refractivity contribution >= 4 is 35.1 Å². The van der Waals surface area contributed by atoms with Gasteiger partial charge in [-0.2, -0.15) is 0 Å². The number of fused-ring (bicyclic) bond motifs is 1. The van der Waals surface area contributed by atoms with Gasteiger partial charge in [-0.3, -0.25) is 34.7 Å². The molecular weight excluding hydrogens is 442 g/mol. The smallest absolute Gasteiger partial charge is 0.321 e. The van der Waals surface area contributed by atoms with Gasteiger partial charge in [-0.05, 0) is 23.8 Å². The van der Waals surface area contributed by atoms with Crippen molar-refractivity contribution in [2.24, 2.45) is 11.8 Å². The Hall–Kier alpha value is -3.50. The molecule has 0 aromatic heterocycles. The van der Waals surface area contributed by atoms with Crippen LogP contribution in [0.5, 0.6) is 5.75 Å². The Morgan fingerprint density at radius 1 is 1.16 bits per heavy atom. The van der Waals surface area contributed by atoms with Crippen LogP contribution in [-0.2, 0) is 14.4 Å². The summed E-state index contributed by atoms with van der Waals surface area (Å²) in [6.45, 7) is 0.00255. The van der Waals surface area contributed by atoms with E-state index in [4.69, 9.17) is 16.3 Å². The van der Waals surface area contributed by atoms with Crippen LogP contribution in [0.4, 0.5) is 5.69 Å². The van der Waals surface area contributed by atoms with Crippen LogP contribution in [0.15, 0.2) is 48.5 Å². The topological polar surface area (TPSA) is 139 Å². The third-order valence-electron chi connectivity index (χ3n) is 5.69. The quantitative estimate of drug-likeness (QED) is 0.364. The number of aliphatic carboxylic acids is 1. The zero-order chi connectivity index (χ0) is 23.0. The zero-order valence-corrected chi connectivity index (χ0v) is 17.3. The minimum atomic E-state index is -1.31. The van der Waals surface area contributed by atoms with Gasteiger partial charge in [-0.25, -0.2) is 0 Å². The van der Waals surface area contributed by atoms with Crippen molar-refractivity contribution in [3.63, 3.8) is 0 Å². The summed E-state index contributed by atoms with van der Waals surface area (Å²) in [6.07, 6.45) is 0. The standard InChI is InChI=1S/C21H18ClN3O7/c22-13-7-6-11(10-14(13)25(30)31)17-15-16(18(23-17)21(28)29)20(27)24(19(15)26)8-9-32-12-4-2-1-3-5-12/h1-7,10,15-18,23H,8-9H2,(H,28,29). The number of benzene rings is 2. The number of halogens is 1. The molecular formula is C21H18ClN3O7. The van der Waals surface area contributed by atoms with Gasteiger partial charge in [0.25, 0.3) is 5.69 Å². The number of rotatable bonds is 7. The van der Waals surface area contributed by atoms with Crippen LogP contribution >= 0.6 is 11.6 Å². The predicted molar refractivity (Wildman–Crippen MR) is 111 cm³/mol. The summed E-state index contributed by atoms with van der Waals surface area (Å²) >= 11 is 5.87. The monoisotopic (exact) mass is 459 g/mol. The predicted octanol–water partition coefficient (Wildman–Crippen LogP) is 2.03. The summed E-state index contributed by atoms with van der Waals surface area (Å²) in [5.74, 6) is -4.01. The molecule has 11 heteroatoms. The highest BCUT2D eigenvalue weighted by Gasteiger charge is 2.61. The fourth-order valence-electron chi connectivity index (χ4n) is 4.26. The van der Waals surface area contributed by atoms with E-state index in [0.717, 1.165) is 4.90 Å². The van der Waals surface area contributed by atoms with E-state index in [0.29, 0.717) is 11.3 Å². The van der Waals surface area contributed by atoms with Crippen molar-refractivity contribution in [2.75, 3.05) is 13.2 Å². The fourth-order valence-corrected chi connectivity index (χ4v) is 4.45. The number of likely N-dealkylation sites (tertiary alicyclic amines) is 1. The first-order valence-corrected chi connectivity index (χ1v) is 10.1. The summed E-state index contributed by atoms with van der Waals surface area (Å²) in [5.41, 5.74) is -0.0606. The Morgan fingerprint density at radius 2 is 1.84 bits per heavy atom. The molecule has 4 unspecified atom stereocenters. The van der Waals surface area contributed by atoms with Gasteiger partial charge in [0.15, 0.2) is 0 Å². The first-order chi connectivity index (χ1) is 15.3. The van der Waals surface area contributed by atoms with Crippen molar-refractivity contribution in [2.45, 2.75) is 12.1 Å². The fraction of sp³-hybridized carbons (Fsp3) is 0.286. The Morgan fingerprint density at radius 3 is 2.50 bits per heavy atom.